The van der Waals surface area contributed by atoms with E-state index in [0.717, 1.165) is 0 Å². The summed E-state index contributed by atoms with van der Waals surface area (Å²) in [4.78, 5) is 0. The average Bonchev–Trinajstić information content (AvgIpc) is 2.08. The van der Waals surface area contributed by atoms with Crippen molar-refractivity contribution >= 4 is 43.3 Å². The highest BCUT2D eigenvalue weighted by molar-refractivity contribution is 9.12. The molecular weight excluding hydrogens is 298 g/mol. The molecule has 3 N–H and O–H groups in total. The summed E-state index contributed by atoms with van der Waals surface area (Å²) in [6.45, 7) is 0. The third-order valence-corrected chi connectivity index (χ3v) is 2.82. The minimum Gasteiger partial charge on any atom is -0.293 e. The number of hydrogen-bond acceptors (Lipinski definition) is 1. The van der Waals surface area contributed by atoms with Crippen molar-refractivity contribution < 1.29 is 14.2 Å². The van der Waals surface area contributed by atoms with E-state index < -0.39 is 11.7 Å². The first-order valence-corrected chi connectivity index (χ1v) is 4.38. The summed E-state index contributed by atoms with van der Waals surface area (Å²) in [5.74, 6) is -2.20. The van der Waals surface area contributed by atoms with Gasteiger partial charge in [0, 0.05) is 0 Å². The van der Waals surface area contributed by atoms with Crippen LogP contribution in [0.2, 0.25) is 0 Å². The Morgan fingerprint density at radius 3 is 2.00 bits per heavy atom. The van der Waals surface area contributed by atoms with Crippen molar-refractivity contribution in [3.05, 3.63) is 20.6 Å². The van der Waals surface area contributed by atoms with Gasteiger partial charge < -0.3 is 0 Å². The van der Waals surface area contributed by atoms with Crippen LogP contribution in [0.15, 0.2) is 20.6 Å². The number of nitrogens with two attached hydrogens (primary N) is 1. The van der Waals surface area contributed by atoms with Crippen LogP contribution in [0, 0.1) is 5.41 Å². The van der Waals surface area contributed by atoms with E-state index in [0.29, 0.717) is 0 Å². The fraction of sp³-hybridized carbons (Fsp3) is 0. The monoisotopic (exact) mass is 299 g/mol. The second-order valence-electron chi connectivity index (χ2n) is 2.04. The van der Waals surface area contributed by atoms with Crippen LogP contribution in [0.5, 0.6) is 0 Å². The quantitative estimate of drug-likeness (QED) is 0.635. The van der Waals surface area contributed by atoms with Crippen molar-refractivity contribution in [1.82, 2.24) is 0 Å². The third kappa shape index (κ3) is 1.29. The standard InChI is InChI=1S/C6H2Br2F2N2/c7-1-3(9)4(10)2(8)6(12)5(1)11/h11-12H/p+1. The van der Waals surface area contributed by atoms with Gasteiger partial charge in [0.15, 0.2) is 11.7 Å². The summed E-state index contributed by atoms with van der Waals surface area (Å²) in [6.07, 6.45) is 0. The van der Waals surface area contributed by atoms with Gasteiger partial charge in [-0.3, -0.25) is 10.8 Å². The molecule has 0 saturated carbocycles. The molecule has 0 radical (unpaired) electrons. The van der Waals surface area contributed by atoms with Crippen molar-refractivity contribution in [3.8, 4) is 0 Å². The Morgan fingerprint density at radius 1 is 1.08 bits per heavy atom. The SMILES string of the molecule is N=C1C(=[NH2+])C(Br)=C(F)C(F)=C1Br. The smallest absolute Gasteiger partial charge is 0.240 e. The summed E-state index contributed by atoms with van der Waals surface area (Å²) in [5.41, 5.74) is -0.387. The normalized spacial score (nSPS) is 19.3. The van der Waals surface area contributed by atoms with E-state index in [1.165, 1.54) is 0 Å². The summed E-state index contributed by atoms with van der Waals surface area (Å²) in [5, 5.41) is 12.5. The van der Waals surface area contributed by atoms with E-state index in [4.69, 9.17) is 10.8 Å². The van der Waals surface area contributed by atoms with Gasteiger partial charge in [0.05, 0.1) is 4.48 Å². The summed E-state index contributed by atoms with van der Waals surface area (Å²) < 4.78 is 25.1. The fourth-order valence-corrected chi connectivity index (χ4v) is 1.41. The lowest BCUT2D eigenvalue weighted by Gasteiger charge is -2.08. The Kier molecular flexibility index (Phi) is 2.58. The van der Waals surface area contributed by atoms with Gasteiger partial charge in [-0.05, 0) is 31.9 Å². The molecule has 0 spiro atoms. The second kappa shape index (κ2) is 3.18. The number of allylic oxidation sites excluding steroid dienone is 4. The van der Waals surface area contributed by atoms with Crippen LogP contribution in [0.3, 0.4) is 0 Å². The second-order valence-corrected chi connectivity index (χ2v) is 3.63. The minimum atomic E-state index is -1.11. The molecule has 2 nitrogen and oxygen atoms in total. The molecule has 0 aliphatic heterocycles. The molecule has 0 saturated heterocycles. The Hall–Kier alpha value is -0.360. The number of hydrogen-bond donors (Lipinski definition) is 2. The van der Waals surface area contributed by atoms with Crippen LogP contribution >= 0.6 is 31.9 Å². The first-order chi connectivity index (χ1) is 5.46. The Balaban J connectivity index is 3.37. The van der Waals surface area contributed by atoms with E-state index >= 15 is 0 Å². The predicted octanol–water partition coefficient (Wildman–Crippen LogP) is 1.37. The Bertz CT molecular complexity index is 294. The van der Waals surface area contributed by atoms with Crippen LogP contribution in [0.25, 0.3) is 0 Å². The van der Waals surface area contributed by atoms with E-state index in [9.17, 15) is 8.78 Å². The molecule has 0 heterocycles. The zero-order chi connectivity index (χ0) is 9.46. The maximum absolute atomic E-state index is 12.8. The third-order valence-electron chi connectivity index (χ3n) is 1.30. The molecule has 0 bridgehead atoms. The lowest BCUT2D eigenvalue weighted by molar-refractivity contribution is -0.109. The molecular formula is C6H3Br2F2N2+. The molecule has 0 unspecified atom stereocenters. The highest BCUT2D eigenvalue weighted by Crippen LogP contribution is 2.33. The maximum atomic E-state index is 12.8. The van der Waals surface area contributed by atoms with Crippen molar-refractivity contribution in [2.24, 2.45) is 0 Å². The highest BCUT2D eigenvalue weighted by atomic mass is 79.9. The lowest BCUT2D eigenvalue weighted by Crippen LogP contribution is -2.46. The van der Waals surface area contributed by atoms with Gasteiger partial charge in [-0.15, -0.1) is 0 Å². The van der Waals surface area contributed by atoms with Crippen LogP contribution in [-0.2, 0) is 0 Å². The molecule has 0 aromatic rings. The topological polar surface area (TPSA) is 49.4 Å². The van der Waals surface area contributed by atoms with E-state index in [-0.39, 0.29) is 20.4 Å². The van der Waals surface area contributed by atoms with Crippen LogP contribution in [0.4, 0.5) is 8.78 Å². The predicted molar refractivity (Wildman–Crippen MR) is 48.8 cm³/mol. The van der Waals surface area contributed by atoms with Crippen LogP contribution in [0.1, 0.15) is 0 Å². The lowest BCUT2D eigenvalue weighted by atomic mass is 10.1. The zero-order valence-corrected chi connectivity index (χ0v) is 8.76. The largest absolute Gasteiger partial charge is 0.293 e. The molecule has 6 heteroatoms. The van der Waals surface area contributed by atoms with E-state index in [1.54, 1.807) is 0 Å². The van der Waals surface area contributed by atoms with Crippen LogP contribution < -0.4 is 5.41 Å². The molecule has 1 aliphatic rings. The van der Waals surface area contributed by atoms with Crippen LogP contribution in [-0.4, -0.2) is 11.4 Å². The van der Waals surface area contributed by atoms with Gasteiger partial charge >= 0.3 is 0 Å². The summed E-state index contributed by atoms with van der Waals surface area (Å²) in [6, 6.07) is 0. The van der Waals surface area contributed by atoms with Crippen molar-refractivity contribution in [2.45, 2.75) is 0 Å². The number of nitrogens with one attached hydrogen (secondary N) is 1. The van der Waals surface area contributed by atoms with E-state index in [1.807, 2.05) is 0 Å². The molecule has 0 aromatic carbocycles. The summed E-state index contributed by atoms with van der Waals surface area (Å²) >= 11 is 5.45. The van der Waals surface area contributed by atoms with Gasteiger partial charge in [-0.2, -0.15) is 0 Å². The first kappa shape index (κ1) is 9.73. The molecule has 1 rings (SSSR count). The average molecular weight is 301 g/mol. The summed E-state index contributed by atoms with van der Waals surface area (Å²) in [7, 11) is 0. The minimum absolute atomic E-state index is 0.124. The number of halogens is 4. The van der Waals surface area contributed by atoms with Gasteiger partial charge in [0.25, 0.3) is 0 Å². The van der Waals surface area contributed by atoms with Gasteiger partial charge in [0.2, 0.25) is 5.71 Å². The number of rotatable bonds is 0. The van der Waals surface area contributed by atoms with Gasteiger partial charge in [-0.1, -0.05) is 0 Å². The Morgan fingerprint density at radius 2 is 1.50 bits per heavy atom. The van der Waals surface area contributed by atoms with Gasteiger partial charge in [-0.25, -0.2) is 8.78 Å². The molecule has 0 aromatic heterocycles. The van der Waals surface area contributed by atoms with Crippen molar-refractivity contribution in [1.29, 1.82) is 5.41 Å². The molecule has 12 heavy (non-hydrogen) atoms. The molecule has 0 atom stereocenters. The highest BCUT2D eigenvalue weighted by Gasteiger charge is 2.31. The first-order valence-electron chi connectivity index (χ1n) is 2.79. The van der Waals surface area contributed by atoms with Crippen molar-refractivity contribution in [3.63, 3.8) is 0 Å². The van der Waals surface area contributed by atoms with E-state index in [2.05, 4.69) is 31.9 Å². The van der Waals surface area contributed by atoms with Crippen molar-refractivity contribution in [2.75, 3.05) is 0 Å². The fourth-order valence-electron chi connectivity index (χ4n) is 0.649. The molecule has 1 aliphatic carbocycles. The van der Waals surface area contributed by atoms with Gasteiger partial charge in [0.1, 0.15) is 10.2 Å². The maximum Gasteiger partial charge on any atom is 0.240 e. The molecule has 64 valence electrons. The molecule has 0 fully saturated rings. The molecule has 0 amide bonds. The zero-order valence-electron chi connectivity index (χ0n) is 5.59. The Labute approximate surface area is 83.6 Å².